The molecule has 0 atom stereocenters. The molecule has 0 N–H and O–H groups in total. The van der Waals surface area contributed by atoms with Gasteiger partial charge in [0.2, 0.25) is 0 Å². The highest BCUT2D eigenvalue weighted by Crippen LogP contribution is 2.21. The van der Waals surface area contributed by atoms with Crippen LogP contribution in [0.1, 0.15) is 24.1 Å². The van der Waals surface area contributed by atoms with Gasteiger partial charge in [-0.1, -0.05) is 42.0 Å². The van der Waals surface area contributed by atoms with Crippen molar-refractivity contribution in [3.63, 3.8) is 0 Å². The monoisotopic (exact) mass is 304 g/mol. The molecule has 23 heavy (non-hydrogen) atoms. The zero-order valence-corrected chi connectivity index (χ0v) is 13.1. The third kappa shape index (κ3) is 3.17. The van der Waals surface area contributed by atoms with E-state index in [1.54, 1.807) is 11.8 Å². The Kier molecular flexibility index (Phi) is 3.90. The first-order valence-electron chi connectivity index (χ1n) is 8.11. The van der Waals surface area contributed by atoms with Crippen LogP contribution in [0.3, 0.4) is 0 Å². The number of imidazole rings is 1. The van der Waals surface area contributed by atoms with Crippen molar-refractivity contribution < 1.29 is 0 Å². The second-order valence-electron chi connectivity index (χ2n) is 6.04. The first kappa shape index (κ1) is 14.2. The van der Waals surface area contributed by atoms with E-state index >= 15 is 0 Å². The summed E-state index contributed by atoms with van der Waals surface area (Å²) in [5.74, 6) is 0. The molecule has 4 heteroatoms. The molecular weight excluding hydrogens is 284 g/mol. The molecule has 1 aliphatic heterocycles. The fourth-order valence-corrected chi connectivity index (χ4v) is 3.17. The Balaban J connectivity index is 1.41. The summed E-state index contributed by atoms with van der Waals surface area (Å²) in [4.78, 5) is 11.0. The van der Waals surface area contributed by atoms with Gasteiger partial charge in [-0.25, -0.2) is 4.98 Å². The van der Waals surface area contributed by atoms with Crippen LogP contribution in [0.4, 0.5) is 0 Å². The summed E-state index contributed by atoms with van der Waals surface area (Å²) in [7, 11) is 0. The molecule has 3 heterocycles. The molecule has 4 rings (SSSR count). The summed E-state index contributed by atoms with van der Waals surface area (Å²) >= 11 is 0. The lowest BCUT2D eigenvalue weighted by Crippen LogP contribution is -2.30. The molecule has 0 radical (unpaired) electrons. The first-order valence-corrected chi connectivity index (χ1v) is 8.11. The Morgan fingerprint density at radius 1 is 1.04 bits per heavy atom. The molecule has 4 nitrogen and oxygen atoms in total. The predicted octanol–water partition coefficient (Wildman–Crippen LogP) is 3.41. The maximum Gasteiger partial charge on any atom is 0.155 e. The van der Waals surface area contributed by atoms with Crippen molar-refractivity contribution >= 4 is 11.7 Å². The fourth-order valence-electron chi connectivity index (χ4n) is 3.17. The highest BCUT2D eigenvalue weighted by Gasteiger charge is 2.15. The quantitative estimate of drug-likeness (QED) is 0.743. The number of rotatable bonds is 3. The Morgan fingerprint density at radius 3 is 2.70 bits per heavy atom. The van der Waals surface area contributed by atoms with E-state index in [-0.39, 0.29) is 0 Å². The molecule has 0 bridgehead atoms. The van der Waals surface area contributed by atoms with Gasteiger partial charge in [0, 0.05) is 32.0 Å². The minimum Gasteiger partial charge on any atom is -0.300 e. The van der Waals surface area contributed by atoms with Gasteiger partial charge in [-0.15, -0.1) is 0 Å². The van der Waals surface area contributed by atoms with Crippen LogP contribution in [0.2, 0.25) is 0 Å². The molecule has 2 aromatic heterocycles. The van der Waals surface area contributed by atoms with Gasteiger partial charge in [0.05, 0.1) is 18.1 Å². The van der Waals surface area contributed by atoms with E-state index in [0.717, 1.165) is 38.1 Å². The Hall–Kier alpha value is -2.46. The molecule has 1 aromatic carbocycles. The van der Waals surface area contributed by atoms with Gasteiger partial charge in [-0.2, -0.15) is 0 Å². The second-order valence-corrected chi connectivity index (χ2v) is 6.04. The van der Waals surface area contributed by atoms with Gasteiger partial charge in [-0.05, 0) is 18.4 Å². The topological polar surface area (TPSA) is 33.4 Å². The van der Waals surface area contributed by atoms with Crippen molar-refractivity contribution in [2.45, 2.75) is 19.4 Å². The largest absolute Gasteiger partial charge is 0.300 e. The van der Waals surface area contributed by atoms with Crippen LogP contribution in [0.25, 0.3) is 11.7 Å². The smallest absolute Gasteiger partial charge is 0.155 e. The molecule has 1 fully saturated rings. The number of piperidine rings is 1. The summed E-state index contributed by atoms with van der Waals surface area (Å²) in [5.41, 5.74) is 5.02. The maximum atomic E-state index is 4.42. The second kappa shape index (κ2) is 6.34. The number of hydrogen-bond acceptors (Lipinski definition) is 3. The van der Waals surface area contributed by atoms with Gasteiger partial charge in [0.1, 0.15) is 0 Å². The fraction of sp³-hybridized carbons (Fsp3) is 0.263. The minimum absolute atomic E-state index is 0.921. The summed E-state index contributed by atoms with van der Waals surface area (Å²) in [6.07, 6.45) is 12.2. The van der Waals surface area contributed by atoms with Crippen LogP contribution >= 0.6 is 0 Å². The molecule has 1 aliphatic rings. The average Bonchev–Trinajstić information content (AvgIpc) is 3.01. The summed E-state index contributed by atoms with van der Waals surface area (Å²) in [6, 6.07) is 10.6. The third-order valence-corrected chi connectivity index (χ3v) is 4.45. The van der Waals surface area contributed by atoms with E-state index < -0.39 is 0 Å². The van der Waals surface area contributed by atoms with Gasteiger partial charge < -0.3 is 0 Å². The molecule has 0 spiro atoms. The average molecular weight is 304 g/mol. The number of benzene rings is 1. The molecule has 0 aliphatic carbocycles. The summed E-state index contributed by atoms with van der Waals surface area (Å²) in [5, 5.41) is 0. The molecule has 3 aromatic rings. The zero-order valence-electron chi connectivity index (χ0n) is 13.1. The van der Waals surface area contributed by atoms with Crippen LogP contribution < -0.4 is 0 Å². The summed E-state index contributed by atoms with van der Waals surface area (Å²) < 4.78 is 2.13. The Labute approximate surface area is 136 Å². The zero-order chi connectivity index (χ0) is 15.5. The lowest BCUT2D eigenvalue weighted by atomic mass is 10.0. The summed E-state index contributed by atoms with van der Waals surface area (Å²) in [6.45, 7) is 3.16. The Morgan fingerprint density at radius 2 is 1.87 bits per heavy atom. The lowest BCUT2D eigenvalue weighted by molar-refractivity contribution is 0.245. The highest BCUT2D eigenvalue weighted by molar-refractivity contribution is 5.52. The Bertz CT molecular complexity index is 810. The first-order chi connectivity index (χ1) is 11.4. The van der Waals surface area contributed by atoms with Crippen molar-refractivity contribution in [3.05, 3.63) is 71.9 Å². The molecule has 116 valence electrons. The number of aromatic nitrogens is 3. The maximum absolute atomic E-state index is 4.42. The van der Waals surface area contributed by atoms with E-state index in [9.17, 15) is 0 Å². The van der Waals surface area contributed by atoms with E-state index in [0.29, 0.717) is 0 Å². The van der Waals surface area contributed by atoms with Crippen LogP contribution in [-0.4, -0.2) is 32.4 Å². The van der Waals surface area contributed by atoms with Gasteiger partial charge in [0.15, 0.2) is 5.65 Å². The lowest BCUT2D eigenvalue weighted by Gasteiger charge is -2.28. The van der Waals surface area contributed by atoms with Crippen molar-refractivity contribution in [3.8, 4) is 0 Å². The number of nitrogens with zero attached hydrogens (tertiary/aromatic N) is 4. The van der Waals surface area contributed by atoms with Crippen LogP contribution in [0.15, 0.2) is 60.7 Å². The van der Waals surface area contributed by atoms with E-state index in [1.807, 2.05) is 18.6 Å². The highest BCUT2D eigenvalue weighted by atomic mass is 15.2. The van der Waals surface area contributed by atoms with E-state index in [4.69, 9.17) is 0 Å². The van der Waals surface area contributed by atoms with Crippen LogP contribution in [-0.2, 0) is 6.54 Å². The van der Waals surface area contributed by atoms with Crippen molar-refractivity contribution in [1.29, 1.82) is 0 Å². The molecule has 0 amide bonds. The van der Waals surface area contributed by atoms with E-state index in [1.165, 1.54) is 11.3 Å². The predicted molar refractivity (Wildman–Crippen MR) is 91.9 cm³/mol. The van der Waals surface area contributed by atoms with Crippen molar-refractivity contribution in [1.82, 2.24) is 19.3 Å². The van der Waals surface area contributed by atoms with Crippen molar-refractivity contribution in [2.75, 3.05) is 13.1 Å². The van der Waals surface area contributed by atoms with Gasteiger partial charge >= 0.3 is 0 Å². The third-order valence-electron chi connectivity index (χ3n) is 4.45. The van der Waals surface area contributed by atoms with Crippen molar-refractivity contribution in [2.24, 2.45) is 0 Å². The molecule has 1 saturated heterocycles. The molecule has 0 saturated carbocycles. The standard InChI is InChI=1S/C19H20N4/c1-2-4-16(5-3-1)12-17-6-9-22(10-7-17)15-18-13-21-19-14-20-8-11-23(18)19/h1-5,8,11-14H,6-7,9-10,15H2. The number of hydrogen-bond donors (Lipinski definition) is 0. The molecule has 0 unspecified atom stereocenters. The normalized spacial score (nSPS) is 15.9. The van der Waals surface area contributed by atoms with Gasteiger partial charge in [0.25, 0.3) is 0 Å². The van der Waals surface area contributed by atoms with Gasteiger partial charge in [-0.3, -0.25) is 14.3 Å². The number of fused-ring (bicyclic) bond motifs is 1. The minimum atomic E-state index is 0.921. The van der Waals surface area contributed by atoms with Crippen LogP contribution in [0.5, 0.6) is 0 Å². The molecular formula is C19H20N4. The number of likely N-dealkylation sites (tertiary alicyclic amines) is 1. The SMILES string of the molecule is C(=C1CCN(Cc2cnc3cnccn23)CC1)c1ccccc1. The van der Waals surface area contributed by atoms with E-state index in [2.05, 4.69) is 55.7 Å². The van der Waals surface area contributed by atoms with Crippen LogP contribution in [0, 0.1) is 0 Å².